The Kier molecular flexibility index (Phi) is 6.59. The lowest BCUT2D eigenvalue weighted by Gasteiger charge is -2.43. The van der Waals surface area contributed by atoms with Crippen LogP contribution in [-0.2, 0) is 23.7 Å². The minimum absolute atomic E-state index is 0.0973. The number of carbonyl (C=O) groups is 1. The molecule has 13 nitrogen and oxygen atoms in total. The second kappa shape index (κ2) is 9.43. The average Bonchev–Trinajstić information content (AvgIpc) is 3.56. The number of benzene rings is 1. The molecule has 3 heterocycles. The summed E-state index contributed by atoms with van der Waals surface area (Å²) in [5.74, 6) is -1.95. The molecule has 3 aliphatic heterocycles. The van der Waals surface area contributed by atoms with Crippen LogP contribution in [0.3, 0.4) is 0 Å². The molecule has 11 atom stereocenters. The van der Waals surface area contributed by atoms with E-state index in [1.807, 2.05) is 0 Å². The number of aliphatic hydroxyl groups excluding tert-OH is 5. The maximum atomic E-state index is 12.9. The van der Waals surface area contributed by atoms with Gasteiger partial charge in [-0.1, -0.05) is 0 Å². The molecule has 3 fully saturated rings. The molecule has 1 aliphatic carbocycles. The predicted octanol–water partition coefficient (Wildman–Crippen LogP) is -2.01. The SMILES string of the molecule is COc1cc(C(=O)O[C@H]2[C@H]3C=CO[C@H](O[C@@H]4O[C@H](CO)[C@@H](O)[C@H](O)[C@H]4O)[C@@H]3[C@@]3(CO)O[C@H]23)ccc1O. The number of phenols is 1. The Morgan fingerprint density at radius 1 is 1.11 bits per heavy atom. The maximum absolute atomic E-state index is 12.9. The molecule has 5 rings (SSSR count). The van der Waals surface area contributed by atoms with Crippen LogP contribution in [0, 0.1) is 11.8 Å². The summed E-state index contributed by atoms with van der Waals surface area (Å²) in [4.78, 5) is 12.9. The van der Waals surface area contributed by atoms with Gasteiger partial charge in [-0.05, 0) is 24.3 Å². The minimum atomic E-state index is -1.66. The topological polar surface area (TPSA) is 197 Å². The highest BCUT2D eigenvalue weighted by atomic mass is 16.8. The first-order valence-electron chi connectivity index (χ1n) is 11.4. The maximum Gasteiger partial charge on any atom is 0.338 e. The number of hydrogen-bond donors (Lipinski definition) is 6. The number of ether oxygens (including phenoxy) is 6. The van der Waals surface area contributed by atoms with Crippen molar-refractivity contribution < 1.29 is 63.9 Å². The molecule has 0 unspecified atom stereocenters. The van der Waals surface area contributed by atoms with Gasteiger partial charge in [-0.3, -0.25) is 0 Å². The summed E-state index contributed by atoms with van der Waals surface area (Å²) >= 11 is 0. The predicted molar refractivity (Wildman–Crippen MR) is 114 cm³/mol. The van der Waals surface area contributed by atoms with E-state index in [0.29, 0.717) is 0 Å². The monoisotopic (exact) mass is 512 g/mol. The summed E-state index contributed by atoms with van der Waals surface area (Å²) in [5.41, 5.74) is -1.03. The van der Waals surface area contributed by atoms with Gasteiger partial charge >= 0.3 is 5.97 Å². The lowest BCUT2D eigenvalue weighted by molar-refractivity contribution is -0.344. The fourth-order valence-electron chi connectivity index (χ4n) is 5.28. The zero-order chi connectivity index (χ0) is 25.8. The first-order valence-corrected chi connectivity index (χ1v) is 11.4. The van der Waals surface area contributed by atoms with Crippen LogP contribution in [0.25, 0.3) is 0 Å². The quantitative estimate of drug-likeness (QED) is 0.173. The number of hydrogen-bond acceptors (Lipinski definition) is 13. The number of aliphatic hydroxyl groups is 5. The van der Waals surface area contributed by atoms with E-state index in [4.69, 9.17) is 28.4 Å². The molecular formula is C23H28O13. The summed E-state index contributed by atoms with van der Waals surface area (Å²) in [6.45, 7) is -1.07. The van der Waals surface area contributed by atoms with Crippen LogP contribution in [0.15, 0.2) is 30.5 Å². The van der Waals surface area contributed by atoms with E-state index in [2.05, 4.69) is 0 Å². The highest BCUT2D eigenvalue weighted by Crippen LogP contribution is 2.60. The van der Waals surface area contributed by atoms with Gasteiger partial charge in [0, 0.05) is 5.92 Å². The summed E-state index contributed by atoms with van der Waals surface area (Å²) in [7, 11) is 1.35. The molecule has 0 bridgehead atoms. The smallest absolute Gasteiger partial charge is 0.338 e. The van der Waals surface area contributed by atoms with Crippen LogP contribution in [0.1, 0.15) is 10.4 Å². The summed E-state index contributed by atoms with van der Waals surface area (Å²) < 4.78 is 33.4. The Labute approximate surface area is 205 Å². The van der Waals surface area contributed by atoms with Gasteiger partial charge in [-0.2, -0.15) is 0 Å². The van der Waals surface area contributed by atoms with Gasteiger partial charge in [0.25, 0.3) is 0 Å². The molecule has 198 valence electrons. The van der Waals surface area contributed by atoms with Gasteiger partial charge in [0.05, 0.1) is 38.1 Å². The Bertz CT molecular complexity index is 1010. The molecule has 1 aromatic rings. The van der Waals surface area contributed by atoms with Crippen molar-refractivity contribution in [2.75, 3.05) is 20.3 Å². The van der Waals surface area contributed by atoms with Gasteiger partial charge in [0.2, 0.25) is 6.29 Å². The number of methoxy groups -OCH3 is 1. The van der Waals surface area contributed by atoms with Crippen LogP contribution < -0.4 is 4.74 Å². The van der Waals surface area contributed by atoms with Gasteiger partial charge in [-0.25, -0.2) is 4.79 Å². The summed E-state index contributed by atoms with van der Waals surface area (Å²) in [6.07, 6.45) is -7.19. The molecule has 6 N–H and O–H groups in total. The van der Waals surface area contributed by atoms with Crippen molar-refractivity contribution in [3.05, 3.63) is 36.1 Å². The van der Waals surface area contributed by atoms with Crippen LogP contribution in [0.5, 0.6) is 11.5 Å². The normalized spacial score (nSPS) is 42.7. The number of rotatable bonds is 7. The first kappa shape index (κ1) is 25.2. The number of esters is 1. The van der Waals surface area contributed by atoms with Crippen molar-refractivity contribution >= 4 is 5.97 Å². The fraction of sp³-hybridized carbons (Fsp3) is 0.609. The number of fused-ring (bicyclic) bond motifs is 3. The molecule has 4 aliphatic rings. The van der Waals surface area contributed by atoms with Crippen molar-refractivity contribution in [3.8, 4) is 11.5 Å². The first-order chi connectivity index (χ1) is 17.2. The van der Waals surface area contributed by atoms with Crippen molar-refractivity contribution in [3.63, 3.8) is 0 Å². The van der Waals surface area contributed by atoms with E-state index < -0.39 is 85.8 Å². The summed E-state index contributed by atoms with van der Waals surface area (Å²) in [6, 6.07) is 4.02. The third kappa shape index (κ3) is 3.92. The van der Waals surface area contributed by atoms with Gasteiger partial charge in [0.15, 0.2) is 17.8 Å². The molecular weight excluding hydrogens is 484 g/mol. The number of aromatic hydroxyl groups is 1. The Morgan fingerprint density at radius 3 is 2.58 bits per heavy atom. The third-order valence-corrected chi connectivity index (χ3v) is 7.26. The van der Waals surface area contributed by atoms with Crippen molar-refractivity contribution in [2.24, 2.45) is 11.8 Å². The van der Waals surface area contributed by atoms with E-state index in [1.165, 1.54) is 31.6 Å². The second-order valence-corrected chi connectivity index (χ2v) is 9.18. The van der Waals surface area contributed by atoms with Crippen LogP contribution in [0.2, 0.25) is 0 Å². The van der Waals surface area contributed by atoms with Crippen molar-refractivity contribution in [2.45, 2.75) is 54.8 Å². The highest BCUT2D eigenvalue weighted by Gasteiger charge is 2.77. The molecule has 0 spiro atoms. The molecule has 2 saturated heterocycles. The Hall–Kier alpha value is -2.49. The largest absolute Gasteiger partial charge is 0.504 e. The molecule has 0 aromatic heterocycles. The van der Waals surface area contributed by atoms with Crippen molar-refractivity contribution in [1.29, 1.82) is 0 Å². The fourth-order valence-corrected chi connectivity index (χ4v) is 5.28. The number of epoxide rings is 1. The van der Waals surface area contributed by atoms with Gasteiger partial charge in [-0.15, -0.1) is 0 Å². The highest BCUT2D eigenvalue weighted by molar-refractivity contribution is 5.90. The lowest BCUT2D eigenvalue weighted by Crippen LogP contribution is -2.60. The minimum Gasteiger partial charge on any atom is -0.504 e. The molecule has 0 radical (unpaired) electrons. The third-order valence-electron chi connectivity index (χ3n) is 7.26. The number of phenolic OH excluding ortho intramolecular Hbond substituents is 1. The molecule has 36 heavy (non-hydrogen) atoms. The Morgan fingerprint density at radius 2 is 1.89 bits per heavy atom. The Balaban J connectivity index is 1.35. The van der Waals surface area contributed by atoms with E-state index in [-0.39, 0.29) is 17.1 Å². The standard InChI is InChI=1S/C23H28O13/c1-31-12-6-9(2-3-11(12)26)20(30)34-18-10-4-5-32-21(14(10)23(8-25)19(18)36-23)35-22-17(29)16(28)15(27)13(7-24)33-22/h2-6,10,13-19,21-22,24-29H,7-8H2,1H3/t10-,13+,14+,15+,16-,17+,18-,19+,21+,22-,23+/m0/s1. The molecule has 0 amide bonds. The van der Waals surface area contributed by atoms with E-state index in [1.54, 1.807) is 6.08 Å². The average molecular weight is 512 g/mol. The second-order valence-electron chi connectivity index (χ2n) is 9.18. The van der Waals surface area contributed by atoms with Crippen LogP contribution in [0.4, 0.5) is 0 Å². The van der Waals surface area contributed by atoms with Crippen LogP contribution >= 0.6 is 0 Å². The van der Waals surface area contributed by atoms with E-state index >= 15 is 0 Å². The zero-order valence-electron chi connectivity index (χ0n) is 19.1. The molecule has 1 aromatic carbocycles. The van der Waals surface area contributed by atoms with E-state index in [9.17, 15) is 35.4 Å². The zero-order valence-corrected chi connectivity index (χ0v) is 19.1. The van der Waals surface area contributed by atoms with E-state index in [0.717, 1.165) is 0 Å². The van der Waals surface area contributed by atoms with Crippen LogP contribution in [-0.4, -0.2) is 112 Å². The number of carbonyl (C=O) groups excluding carboxylic acids is 1. The lowest BCUT2D eigenvalue weighted by atomic mass is 9.85. The molecule has 13 heteroatoms. The van der Waals surface area contributed by atoms with Gasteiger partial charge in [0.1, 0.15) is 42.2 Å². The van der Waals surface area contributed by atoms with Gasteiger partial charge < -0.3 is 59.1 Å². The summed E-state index contributed by atoms with van der Waals surface area (Å²) in [5, 5.41) is 59.8. The molecule has 1 saturated carbocycles. The van der Waals surface area contributed by atoms with Crippen molar-refractivity contribution in [1.82, 2.24) is 0 Å².